The molecule has 0 unspecified atom stereocenters. The molecule has 0 saturated heterocycles. The molecule has 0 aliphatic heterocycles. The van der Waals surface area contributed by atoms with Crippen molar-refractivity contribution < 1.29 is 24.4 Å². The van der Waals surface area contributed by atoms with E-state index in [2.05, 4.69) is 0 Å². The molecule has 0 heterocycles. The van der Waals surface area contributed by atoms with E-state index in [1.54, 1.807) is 4.90 Å². The number of rotatable bonds is 10. The van der Waals surface area contributed by atoms with Gasteiger partial charge in [0.05, 0.1) is 23.7 Å². The van der Waals surface area contributed by atoms with E-state index in [0.717, 1.165) is 25.7 Å². The second kappa shape index (κ2) is 10.8. The van der Waals surface area contributed by atoms with Crippen LogP contribution >= 0.6 is 0 Å². The maximum atomic E-state index is 12.5. The number of nitro benzene ring substituents is 1. The Hall–Kier alpha value is -2.48. The SMILES string of the molecule is CC(=O)c1cc(OCCCC(=O)N(CCO)C2CCCCC2)ccc1[N+](=O)[O-]. The molecule has 8 heteroatoms. The number of ketones is 1. The number of hydrogen-bond donors (Lipinski definition) is 1. The van der Waals surface area contributed by atoms with Crippen molar-refractivity contribution in [3.05, 3.63) is 33.9 Å². The van der Waals surface area contributed by atoms with Gasteiger partial charge in [-0.25, -0.2) is 0 Å². The van der Waals surface area contributed by atoms with Gasteiger partial charge in [0.1, 0.15) is 5.75 Å². The molecule has 0 bridgehead atoms. The van der Waals surface area contributed by atoms with E-state index in [1.165, 1.54) is 31.5 Å². The van der Waals surface area contributed by atoms with Crippen molar-refractivity contribution >= 4 is 17.4 Å². The summed E-state index contributed by atoms with van der Waals surface area (Å²) < 4.78 is 5.57. The molecule has 1 aromatic rings. The third kappa shape index (κ3) is 6.02. The van der Waals surface area contributed by atoms with Crippen LogP contribution in [0.2, 0.25) is 0 Å². The molecular formula is C20H28N2O6. The zero-order valence-corrected chi connectivity index (χ0v) is 16.3. The Morgan fingerprint density at radius 3 is 2.61 bits per heavy atom. The van der Waals surface area contributed by atoms with Gasteiger partial charge in [-0.2, -0.15) is 0 Å². The molecule has 0 radical (unpaired) electrons. The molecule has 1 aliphatic carbocycles. The molecule has 1 saturated carbocycles. The number of nitro groups is 1. The van der Waals surface area contributed by atoms with Crippen LogP contribution < -0.4 is 4.74 Å². The molecule has 0 atom stereocenters. The number of nitrogens with zero attached hydrogens (tertiary/aromatic N) is 2. The number of Topliss-reactive ketones (excluding diaryl/α,β-unsaturated/α-hetero) is 1. The summed E-state index contributed by atoms with van der Waals surface area (Å²) >= 11 is 0. The summed E-state index contributed by atoms with van der Waals surface area (Å²) in [5, 5.41) is 20.2. The third-order valence-electron chi connectivity index (χ3n) is 5.02. The van der Waals surface area contributed by atoms with Crippen LogP contribution in [-0.4, -0.2) is 52.4 Å². The van der Waals surface area contributed by atoms with E-state index < -0.39 is 10.7 Å². The Morgan fingerprint density at radius 2 is 2.00 bits per heavy atom. The number of carbonyl (C=O) groups is 2. The average Bonchev–Trinajstić information content (AvgIpc) is 2.69. The summed E-state index contributed by atoms with van der Waals surface area (Å²) in [6.07, 6.45) is 6.19. The van der Waals surface area contributed by atoms with Gasteiger partial charge in [0.25, 0.3) is 5.69 Å². The largest absolute Gasteiger partial charge is 0.494 e. The van der Waals surface area contributed by atoms with Crippen LogP contribution in [0.1, 0.15) is 62.2 Å². The summed E-state index contributed by atoms with van der Waals surface area (Å²) in [7, 11) is 0. The maximum Gasteiger partial charge on any atom is 0.280 e. The monoisotopic (exact) mass is 392 g/mol. The summed E-state index contributed by atoms with van der Waals surface area (Å²) in [5.41, 5.74) is -0.243. The Kier molecular flexibility index (Phi) is 8.38. The van der Waals surface area contributed by atoms with Crippen molar-refractivity contribution in [2.24, 2.45) is 0 Å². The van der Waals surface area contributed by atoms with Crippen LogP contribution in [0.5, 0.6) is 5.75 Å². The van der Waals surface area contributed by atoms with E-state index in [0.29, 0.717) is 25.1 Å². The van der Waals surface area contributed by atoms with Gasteiger partial charge in [-0.1, -0.05) is 19.3 Å². The third-order valence-corrected chi connectivity index (χ3v) is 5.02. The Balaban J connectivity index is 1.87. The van der Waals surface area contributed by atoms with Gasteiger partial charge in [-0.05, 0) is 38.3 Å². The topological polar surface area (TPSA) is 110 Å². The molecule has 0 spiro atoms. The Morgan fingerprint density at radius 1 is 1.29 bits per heavy atom. The zero-order chi connectivity index (χ0) is 20.5. The van der Waals surface area contributed by atoms with Crippen LogP contribution in [0.3, 0.4) is 0 Å². The first-order valence-corrected chi connectivity index (χ1v) is 9.76. The van der Waals surface area contributed by atoms with Crippen LogP contribution in [-0.2, 0) is 4.79 Å². The minimum Gasteiger partial charge on any atom is -0.494 e. The van der Waals surface area contributed by atoms with E-state index in [4.69, 9.17) is 4.74 Å². The van der Waals surface area contributed by atoms with Crippen LogP contribution in [0, 0.1) is 10.1 Å². The van der Waals surface area contributed by atoms with Gasteiger partial charge in [0.2, 0.25) is 5.91 Å². The van der Waals surface area contributed by atoms with Crippen molar-refractivity contribution in [1.29, 1.82) is 0 Å². The highest BCUT2D eigenvalue weighted by molar-refractivity contribution is 5.98. The fourth-order valence-corrected chi connectivity index (χ4v) is 3.61. The molecule has 2 rings (SSSR count). The fourth-order valence-electron chi connectivity index (χ4n) is 3.61. The van der Waals surface area contributed by atoms with Gasteiger partial charge < -0.3 is 14.7 Å². The predicted molar refractivity (Wildman–Crippen MR) is 104 cm³/mol. The summed E-state index contributed by atoms with van der Waals surface area (Å²) in [4.78, 5) is 36.3. The van der Waals surface area contributed by atoms with Crippen molar-refractivity contribution in [2.45, 2.75) is 57.9 Å². The summed E-state index contributed by atoms with van der Waals surface area (Å²) in [5.74, 6) is -0.0279. The second-order valence-corrected chi connectivity index (χ2v) is 7.05. The number of amides is 1. The number of benzene rings is 1. The lowest BCUT2D eigenvalue weighted by molar-refractivity contribution is -0.385. The Bertz CT molecular complexity index is 700. The van der Waals surface area contributed by atoms with E-state index in [-0.39, 0.29) is 36.4 Å². The number of carbonyl (C=O) groups excluding carboxylic acids is 2. The van der Waals surface area contributed by atoms with Gasteiger partial charge in [-0.3, -0.25) is 19.7 Å². The normalized spacial score (nSPS) is 14.5. The summed E-state index contributed by atoms with van der Waals surface area (Å²) in [6.45, 7) is 1.84. The maximum absolute atomic E-state index is 12.5. The average molecular weight is 392 g/mol. The Labute approximate surface area is 164 Å². The first-order chi connectivity index (χ1) is 13.4. The first-order valence-electron chi connectivity index (χ1n) is 9.76. The highest BCUT2D eigenvalue weighted by Gasteiger charge is 2.24. The highest BCUT2D eigenvalue weighted by atomic mass is 16.6. The van der Waals surface area contributed by atoms with Gasteiger partial charge in [0, 0.05) is 25.1 Å². The molecule has 1 aliphatic rings. The van der Waals surface area contributed by atoms with E-state index in [1.807, 2.05) is 0 Å². The molecule has 28 heavy (non-hydrogen) atoms. The van der Waals surface area contributed by atoms with Crippen LogP contribution in [0.4, 0.5) is 5.69 Å². The van der Waals surface area contributed by atoms with E-state index >= 15 is 0 Å². The first kappa shape index (κ1) is 21.8. The van der Waals surface area contributed by atoms with Gasteiger partial charge >= 0.3 is 0 Å². The minimum atomic E-state index is -0.597. The van der Waals surface area contributed by atoms with Gasteiger partial charge in [-0.15, -0.1) is 0 Å². The lowest BCUT2D eigenvalue weighted by Gasteiger charge is -2.34. The number of aliphatic hydroxyl groups excluding tert-OH is 1. The lowest BCUT2D eigenvalue weighted by atomic mass is 9.94. The summed E-state index contributed by atoms with van der Waals surface area (Å²) in [6, 6.07) is 4.28. The van der Waals surface area contributed by atoms with Crippen molar-refractivity contribution in [3.8, 4) is 5.75 Å². The van der Waals surface area contributed by atoms with Gasteiger partial charge in [0.15, 0.2) is 5.78 Å². The molecule has 1 N–H and O–H groups in total. The molecule has 8 nitrogen and oxygen atoms in total. The smallest absolute Gasteiger partial charge is 0.280 e. The van der Waals surface area contributed by atoms with Crippen molar-refractivity contribution in [1.82, 2.24) is 4.90 Å². The zero-order valence-electron chi connectivity index (χ0n) is 16.3. The van der Waals surface area contributed by atoms with E-state index in [9.17, 15) is 24.8 Å². The van der Waals surface area contributed by atoms with Crippen molar-refractivity contribution in [2.75, 3.05) is 19.8 Å². The van der Waals surface area contributed by atoms with Crippen molar-refractivity contribution in [3.63, 3.8) is 0 Å². The minimum absolute atomic E-state index is 0.00463. The predicted octanol–water partition coefficient (Wildman–Crippen LogP) is 3.11. The molecule has 1 amide bonds. The molecule has 154 valence electrons. The number of aliphatic hydroxyl groups is 1. The molecule has 1 aromatic carbocycles. The van der Waals surface area contributed by atoms with Crippen LogP contribution in [0.15, 0.2) is 18.2 Å². The van der Waals surface area contributed by atoms with Crippen LogP contribution in [0.25, 0.3) is 0 Å². The lowest BCUT2D eigenvalue weighted by Crippen LogP contribution is -2.43. The molecular weight excluding hydrogens is 364 g/mol. The molecule has 1 fully saturated rings. The quantitative estimate of drug-likeness (QED) is 0.283. The standard InChI is InChI=1S/C20H28N2O6/c1-15(24)18-14-17(9-10-19(18)22(26)27)28-13-5-8-20(25)21(11-12-23)16-6-3-2-4-7-16/h9-10,14,16,23H,2-8,11-13H2,1H3. The fraction of sp³-hybridized carbons (Fsp3) is 0.600. The highest BCUT2D eigenvalue weighted by Crippen LogP contribution is 2.25. The molecule has 0 aromatic heterocycles. The number of hydrogen-bond acceptors (Lipinski definition) is 6. The second-order valence-electron chi connectivity index (χ2n) is 7.05. The number of ether oxygens (including phenoxy) is 1.